The molecule has 1 heterocycles. The first-order chi connectivity index (χ1) is 7.77. The molecule has 1 aromatic heterocycles. The van der Waals surface area contributed by atoms with Crippen LogP contribution >= 0.6 is 11.8 Å². The van der Waals surface area contributed by atoms with Crippen LogP contribution in [0.2, 0.25) is 0 Å². The van der Waals surface area contributed by atoms with Crippen LogP contribution in [-0.2, 0) is 24.2 Å². The van der Waals surface area contributed by atoms with Crippen molar-refractivity contribution in [2.24, 2.45) is 0 Å². The van der Waals surface area contributed by atoms with Crippen molar-refractivity contribution in [1.82, 2.24) is 4.57 Å². The molecular formula is C12H17NO2S. The smallest absolute Gasteiger partial charge is 0.313 e. The number of carboxylic acid groups (broad SMARTS) is 1. The Morgan fingerprint density at radius 3 is 3.06 bits per heavy atom. The summed E-state index contributed by atoms with van der Waals surface area (Å²) in [4.78, 5) is 10.4. The van der Waals surface area contributed by atoms with Crippen LogP contribution in [0, 0.1) is 0 Å². The highest BCUT2D eigenvalue weighted by molar-refractivity contribution is 7.99. The molecule has 1 aromatic rings. The Hall–Kier alpha value is -0.900. The molecule has 0 aliphatic heterocycles. The number of carbonyl (C=O) groups is 1. The number of nitrogens with zero attached hydrogens (tertiary/aromatic N) is 1. The van der Waals surface area contributed by atoms with E-state index in [4.69, 9.17) is 5.11 Å². The first kappa shape index (κ1) is 11.6. The summed E-state index contributed by atoms with van der Waals surface area (Å²) < 4.78 is 2.29. The van der Waals surface area contributed by atoms with Crippen molar-refractivity contribution in [3.63, 3.8) is 0 Å². The first-order valence-electron chi connectivity index (χ1n) is 5.74. The molecule has 3 nitrogen and oxygen atoms in total. The average Bonchev–Trinajstić information content (AvgIpc) is 2.68. The molecular weight excluding hydrogens is 222 g/mol. The minimum atomic E-state index is -0.723. The summed E-state index contributed by atoms with van der Waals surface area (Å²) in [6.07, 6.45) is 7.15. The molecule has 0 fully saturated rings. The van der Waals surface area contributed by atoms with Crippen LogP contribution in [0.3, 0.4) is 0 Å². The van der Waals surface area contributed by atoms with Gasteiger partial charge in [-0.15, -0.1) is 11.8 Å². The number of rotatable bonds is 5. The molecule has 0 bridgehead atoms. The number of thioether (sulfide) groups is 1. The van der Waals surface area contributed by atoms with Crippen molar-refractivity contribution in [2.75, 3.05) is 11.5 Å². The number of aryl methyl sites for hydroxylation is 2. The summed E-state index contributed by atoms with van der Waals surface area (Å²) in [5.41, 5.74) is 2.97. The lowest BCUT2D eigenvalue weighted by Gasteiger charge is -2.15. The molecule has 2 rings (SSSR count). The summed E-state index contributed by atoms with van der Waals surface area (Å²) in [6.45, 7) is 0.938. The van der Waals surface area contributed by atoms with Gasteiger partial charge in [0.05, 0.1) is 5.75 Å². The van der Waals surface area contributed by atoms with Gasteiger partial charge in [0.25, 0.3) is 0 Å². The topological polar surface area (TPSA) is 42.2 Å². The van der Waals surface area contributed by atoms with E-state index in [1.165, 1.54) is 48.7 Å². The Morgan fingerprint density at radius 2 is 2.25 bits per heavy atom. The van der Waals surface area contributed by atoms with Gasteiger partial charge in [-0.3, -0.25) is 4.79 Å². The van der Waals surface area contributed by atoms with Crippen molar-refractivity contribution in [2.45, 2.75) is 32.2 Å². The van der Waals surface area contributed by atoms with Gasteiger partial charge in [-0.05, 0) is 37.3 Å². The van der Waals surface area contributed by atoms with Crippen LogP contribution in [-0.4, -0.2) is 27.1 Å². The third kappa shape index (κ3) is 2.82. The van der Waals surface area contributed by atoms with E-state index >= 15 is 0 Å². The van der Waals surface area contributed by atoms with E-state index in [9.17, 15) is 4.79 Å². The standard InChI is InChI=1S/C12H17NO2S/c14-12(15)9-16-8-7-13-6-5-10-3-1-2-4-11(10)13/h5-6H,1-4,7-9H2,(H,14,15). The SMILES string of the molecule is O=C(O)CSCCn1ccc2c1CCCC2. The predicted octanol–water partition coefficient (Wildman–Crippen LogP) is 2.18. The number of aliphatic carboxylic acids is 1. The van der Waals surface area contributed by atoms with Crippen molar-refractivity contribution in [3.8, 4) is 0 Å². The highest BCUT2D eigenvalue weighted by Crippen LogP contribution is 2.22. The molecule has 88 valence electrons. The van der Waals surface area contributed by atoms with Crippen LogP contribution in [0.25, 0.3) is 0 Å². The number of hydrogen-bond donors (Lipinski definition) is 1. The summed E-state index contributed by atoms with van der Waals surface area (Å²) in [6, 6.07) is 2.22. The lowest BCUT2D eigenvalue weighted by molar-refractivity contribution is -0.133. The Balaban J connectivity index is 1.85. The van der Waals surface area contributed by atoms with Crippen LogP contribution in [0.15, 0.2) is 12.3 Å². The maximum atomic E-state index is 10.4. The molecule has 1 aliphatic rings. The zero-order chi connectivity index (χ0) is 11.4. The van der Waals surface area contributed by atoms with Crippen LogP contribution in [0.5, 0.6) is 0 Å². The van der Waals surface area contributed by atoms with Gasteiger partial charge in [0, 0.05) is 24.2 Å². The monoisotopic (exact) mass is 239 g/mol. The second-order valence-corrected chi connectivity index (χ2v) is 5.24. The van der Waals surface area contributed by atoms with E-state index < -0.39 is 5.97 Å². The Kier molecular flexibility index (Phi) is 3.93. The fraction of sp³-hybridized carbons (Fsp3) is 0.583. The molecule has 0 radical (unpaired) electrons. The maximum absolute atomic E-state index is 10.4. The highest BCUT2D eigenvalue weighted by atomic mass is 32.2. The van der Waals surface area contributed by atoms with Gasteiger partial charge in [-0.1, -0.05) is 0 Å². The van der Waals surface area contributed by atoms with E-state index in [0.29, 0.717) is 0 Å². The highest BCUT2D eigenvalue weighted by Gasteiger charge is 2.12. The van der Waals surface area contributed by atoms with E-state index in [2.05, 4.69) is 16.8 Å². The van der Waals surface area contributed by atoms with Crippen molar-refractivity contribution in [3.05, 3.63) is 23.5 Å². The predicted molar refractivity (Wildman–Crippen MR) is 66.0 cm³/mol. The van der Waals surface area contributed by atoms with E-state index in [-0.39, 0.29) is 5.75 Å². The zero-order valence-corrected chi connectivity index (χ0v) is 10.1. The Labute approximate surface area is 99.8 Å². The lowest BCUT2D eigenvalue weighted by Crippen LogP contribution is -2.10. The van der Waals surface area contributed by atoms with Gasteiger partial charge in [-0.25, -0.2) is 0 Å². The number of fused-ring (bicyclic) bond motifs is 1. The maximum Gasteiger partial charge on any atom is 0.313 e. The summed E-state index contributed by atoms with van der Waals surface area (Å²) in [7, 11) is 0. The van der Waals surface area contributed by atoms with Crippen molar-refractivity contribution < 1.29 is 9.90 Å². The molecule has 1 N–H and O–H groups in total. The second-order valence-electron chi connectivity index (χ2n) is 4.13. The van der Waals surface area contributed by atoms with Crippen LogP contribution in [0.4, 0.5) is 0 Å². The van der Waals surface area contributed by atoms with E-state index in [1.807, 2.05) is 0 Å². The van der Waals surface area contributed by atoms with Gasteiger partial charge < -0.3 is 9.67 Å². The summed E-state index contributed by atoms with van der Waals surface area (Å²) in [5.74, 6) is 0.371. The third-order valence-corrected chi connectivity index (χ3v) is 3.91. The molecule has 0 aromatic carbocycles. The Morgan fingerprint density at radius 1 is 1.44 bits per heavy atom. The van der Waals surface area contributed by atoms with Gasteiger partial charge in [0.1, 0.15) is 0 Å². The second kappa shape index (κ2) is 5.43. The quantitative estimate of drug-likeness (QED) is 0.801. The van der Waals surface area contributed by atoms with Gasteiger partial charge in [0.2, 0.25) is 0 Å². The fourth-order valence-electron chi connectivity index (χ4n) is 2.22. The third-order valence-electron chi connectivity index (χ3n) is 2.98. The number of carboxylic acids is 1. The molecule has 0 amide bonds. The lowest BCUT2D eigenvalue weighted by atomic mass is 9.98. The average molecular weight is 239 g/mol. The number of hydrogen-bond acceptors (Lipinski definition) is 2. The van der Waals surface area contributed by atoms with Crippen LogP contribution in [0.1, 0.15) is 24.1 Å². The zero-order valence-electron chi connectivity index (χ0n) is 9.32. The molecule has 16 heavy (non-hydrogen) atoms. The van der Waals surface area contributed by atoms with Gasteiger partial charge in [0.15, 0.2) is 0 Å². The first-order valence-corrected chi connectivity index (χ1v) is 6.89. The number of aromatic nitrogens is 1. The van der Waals surface area contributed by atoms with E-state index in [1.54, 1.807) is 0 Å². The molecule has 1 aliphatic carbocycles. The van der Waals surface area contributed by atoms with Crippen molar-refractivity contribution in [1.29, 1.82) is 0 Å². The fourth-order valence-corrected chi connectivity index (χ4v) is 2.87. The molecule has 0 unspecified atom stereocenters. The van der Waals surface area contributed by atoms with Gasteiger partial charge in [-0.2, -0.15) is 0 Å². The molecule has 0 spiro atoms. The minimum absolute atomic E-state index is 0.212. The normalized spacial score (nSPS) is 14.8. The molecule has 0 saturated carbocycles. The van der Waals surface area contributed by atoms with Crippen molar-refractivity contribution >= 4 is 17.7 Å². The van der Waals surface area contributed by atoms with E-state index in [0.717, 1.165) is 12.3 Å². The molecule has 0 saturated heterocycles. The minimum Gasteiger partial charge on any atom is -0.481 e. The summed E-state index contributed by atoms with van der Waals surface area (Å²) >= 11 is 1.49. The summed E-state index contributed by atoms with van der Waals surface area (Å²) in [5, 5.41) is 8.54. The molecule has 4 heteroatoms. The molecule has 0 atom stereocenters. The Bertz CT molecular complexity index is 373. The van der Waals surface area contributed by atoms with Gasteiger partial charge >= 0.3 is 5.97 Å². The largest absolute Gasteiger partial charge is 0.481 e. The van der Waals surface area contributed by atoms with Crippen LogP contribution < -0.4 is 0 Å².